The van der Waals surface area contributed by atoms with Gasteiger partial charge in [-0.25, -0.2) is 0 Å². The third kappa shape index (κ3) is 6.09. The van der Waals surface area contributed by atoms with Crippen LogP contribution in [0.25, 0.3) is 0 Å². The van der Waals surface area contributed by atoms with Crippen molar-refractivity contribution < 1.29 is 23.7 Å². The Bertz CT molecular complexity index is 984. The van der Waals surface area contributed by atoms with Crippen LogP contribution in [0, 0.1) is 0 Å². The molecule has 186 valence electrons. The van der Waals surface area contributed by atoms with Crippen LogP contribution in [0.5, 0.6) is 0 Å². The summed E-state index contributed by atoms with van der Waals surface area (Å²) in [5.41, 5.74) is 1.07. The van der Waals surface area contributed by atoms with Crippen LogP contribution in [0.2, 0.25) is 5.04 Å². The van der Waals surface area contributed by atoms with E-state index in [1.54, 1.807) is 0 Å². The zero-order valence-electron chi connectivity index (χ0n) is 20.8. The average molecular weight is 493 g/mol. The molecule has 1 saturated heterocycles. The first-order valence-corrected chi connectivity index (χ1v) is 14.1. The molecule has 0 bridgehead atoms. The van der Waals surface area contributed by atoms with E-state index in [1.807, 2.05) is 42.5 Å². The summed E-state index contributed by atoms with van der Waals surface area (Å²) >= 11 is 0. The molecule has 0 aliphatic carbocycles. The van der Waals surface area contributed by atoms with Crippen LogP contribution < -0.4 is 10.4 Å². The maximum absolute atomic E-state index is 10.6. The van der Waals surface area contributed by atoms with Crippen LogP contribution in [0.4, 0.5) is 0 Å². The third-order valence-electron chi connectivity index (χ3n) is 6.46. The summed E-state index contributed by atoms with van der Waals surface area (Å²) in [5, 5.41) is 12.9. The molecule has 6 heteroatoms. The van der Waals surface area contributed by atoms with Crippen LogP contribution in [-0.2, 0) is 25.2 Å². The van der Waals surface area contributed by atoms with Gasteiger partial charge in [-0.05, 0) is 21.0 Å². The van der Waals surface area contributed by atoms with Crippen molar-refractivity contribution in [3.8, 4) is 0 Å². The quantitative estimate of drug-likeness (QED) is 0.435. The van der Waals surface area contributed by atoms with E-state index in [2.05, 4.69) is 69.3 Å². The van der Waals surface area contributed by atoms with Crippen LogP contribution in [0.1, 0.15) is 26.3 Å². The molecule has 0 saturated carbocycles. The minimum absolute atomic E-state index is 0.126. The molecule has 1 N–H and O–H groups in total. The van der Waals surface area contributed by atoms with E-state index in [0.29, 0.717) is 19.8 Å². The highest BCUT2D eigenvalue weighted by atomic mass is 28.4. The first kappa shape index (κ1) is 25.8. The van der Waals surface area contributed by atoms with Gasteiger partial charge in [0.15, 0.2) is 6.29 Å². The molecule has 1 aliphatic heterocycles. The van der Waals surface area contributed by atoms with Gasteiger partial charge in [-0.15, -0.1) is 0 Å². The van der Waals surface area contributed by atoms with Gasteiger partial charge in [0.25, 0.3) is 8.32 Å². The molecule has 0 aromatic heterocycles. The smallest absolute Gasteiger partial charge is 0.261 e. The number of rotatable bonds is 10. The van der Waals surface area contributed by atoms with E-state index < -0.39 is 26.8 Å². The molecule has 4 rings (SSSR count). The molecule has 0 radical (unpaired) electrons. The molecule has 1 fully saturated rings. The van der Waals surface area contributed by atoms with Gasteiger partial charge in [-0.1, -0.05) is 112 Å². The van der Waals surface area contributed by atoms with Crippen molar-refractivity contribution in [1.82, 2.24) is 0 Å². The fourth-order valence-corrected chi connectivity index (χ4v) is 9.24. The molecule has 1 aliphatic rings. The van der Waals surface area contributed by atoms with Crippen molar-refractivity contribution in [1.29, 1.82) is 0 Å². The highest BCUT2D eigenvalue weighted by Crippen LogP contribution is 2.37. The largest absolute Gasteiger partial charge is 0.402 e. The topological polar surface area (TPSA) is 57.2 Å². The predicted molar refractivity (Wildman–Crippen MR) is 140 cm³/mol. The van der Waals surface area contributed by atoms with Gasteiger partial charge in [0, 0.05) is 0 Å². The Morgan fingerprint density at radius 3 is 1.97 bits per heavy atom. The average Bonchev–Trinajstić information content (AvgIpc) is 3.35. The molecular formula is C29H36O5Si. The lowest BCUT2D eigenvalue weighted by molar-refractivity contribution is -0.111. The summed E-state index contributed by atoms with van der Waals surface area (Å²) in [5.74, 6) is 0. The van der Waals surface area contributed by atoms with Crippen molar-refractivity contribution in [2.45, 2.75) is 50.9 Å². The Morgan fingerprint density at radius 1 is 0.886 bits per heavy atom. The normalized spacial score (nSPS) is 19.5. The summed E-state index contributed by atoms with van der Waals surface area (Å²) in [6.07, 6.45) is -1.75. The lowest BCUT2D eigenvalue weighted by Crippen LogP contribution is -2.67. The first-order valence-electron chi connectivity index (χ1n) is 12.2. The highest BCUT2D eigenvalue weighted by molar-refractivity contribution is 6.99. The molecule has 0 spiro atoms. The number of ether oxygens (including phenoxy) is 3. The van der Waals surface area contributed by atoms with Gasteiger partial charge >= 0.3 is 0 Å². The fraction of sp³-hybridized carbons (Fsp3) is 0.379. The fourth-order valence-electron chi connectivity index (χ4n) is 4.70. The van der Waals surface area contributed by atoms with Gasteiger partial charge in [0.05, 0.1) is 26.4 Å². The molecule has 5 nitrogen and oxygen atoms in total. The molecule has 0 amide bonds. The minimum atomic E-state index is -2.67. The number of aliphatic hydroxyl groups is 1. The van der Waals surface area contributed by atoms with Crippen LogP contribution >= 0.6 is 0 Å². The lowest BCUT2D eigenvalue weighted by atomic mass is 10.2. The Kier molecular flexibility index (Phi) is 8.54. The first-order chi connectivity index (χ1) is 16.9. The van der Waals surface area contributed by atoms with E-state index in [9.17, 15) is 5.11 Å². The number of hydrogen-bond acceptors (Lipinski definition) is 5. The second kappa shape index (κ2) is 11.6. The van der Waals surface area contributed by atoms with E-state index in [0.717, 1.165) is 5.56 Å². The van der Waals surface area contributed by atoms with E-state index in [1.165, 1.54) is 10.4 Å². The van der Waals surface area contributed by atoms with Gasteiger partial charge in [0.2, 0.25) is 0 Å². The predicted octanol–water partition coefficient (Wildman–Crippen LogP) is 3.88. The van der Waals surface area contributed by atoms with Crippen molar-refractivity contribution in [2.24, 2.45) is 0 Å². The maximum Gasteiger partial charge on any atom is 0.261 e. The highest BCUT2D eigenvalue weighted by Gasteiger charge is 2.50. The minimum Gasteiger partial charge on any atom is -0.402 e. The third-order valence-corrected chi connectivity index (χ3v) is 11.5. The molecule has 3 aromatic carbocycles. The second-order valence-corrected chi connectivity index (χ2v) is 14.3. The Morgan fingerprint density at radius 2 is 1.43 bits per heavy atom. The molecule has 35 heavy (non-hydrogen) atoms. The van der Waals surface area contributed by atoms with Gasteiger partial charge < -0.3 is 23.7 Å². The Hall–Kier alpha value is -2.32. The van der Waals surface area contributed by atoms with E-state index in [-0.39, 0.29) is 11.6 Å². The summed E-state index contributed by atoms with van der Waals surface area (Å²) in [6.45, 7) is 7.97. The monoisotopic (exact) mass is 492 g/mol. The summed E-state index contributed by atoms with van der Waals surface area (Å²) in [6, 6.07) is 30.9. The Labute approximate surface area is 209 Å². The van der Waals surface area contributed by atoms with Crippen LogP contribution in [0.3, 0.4) is 0 Å². The SMILES string of the molecule is CC(C)(C)[Si](OC[C@@H]1OC[C@H](C(O)COCc2ccccc2)O1)(c1ccccc1)c1ccccc1. The molecule has 3 atom stereocenters. The van der Waals surface area contributed by atoms with Crippen molar-refractivity contribution >= 4 is 18.7 Å². The standard InChI is InChI=1S/C29H36O5Si/c1-29(2,3)35(24-15-9-5-10-16-24,25-17-11-6-12-18-25)33-22-28-32-21-27(34-28)26(30)20-31-19-23-13-7-4-8-14-23/h4-18,26-28,30H,19-22H2,1-3H3/t26?,27-,28-/m1/s1. The summed E-state index contributed by atoms with van der Waals surface area (Å²) in [7, 11) is -2.67. The Balaban J connectivity index is 1.41. The van der Waals surface area contributed by atoms with E-state index >= 15 is 0 Å². The maximum atomic E-state index is 10.6. The number of hydrogen-bond donors (Lipinski definition) is 1. The van der Waals surface area contributed by atoms with E-state index in [4.69, 9.17) is 18.6 Å². The van der Waals surface area contributed by atoms with Gasteiger partial charge in [0.1, 0.15) is 12.2 Å². The van der Waals surface area contributed by atoms with Crippen molar-refractivity contribution in [3.63, 3.8) is 0 Å². The molecule has 1 heterocycles. The molecule has 1 unspecified atom stereocenters. The van der Waals surface area contributed by atoms with Gasteiger partial charge in [-0.3, -0.25) is 0 Å². The van der Waals surface area contributed by atoms with Crippen molar-refractivity contribution in [2.75, 3.05) is 19.8 Å². The zero-order valence-corrected chi connectivity index (χ0v) is 21.8. The van der Waals surface area contributed by atoms with Gasteiger partial charge in [-0.2, -0.15) is 0 Å². The molecular weight excluding hydrogens is 456 g/mol. The van der Waals surface area contributed by atoms with Crippen molar-refractivity contribution in [3.05, 3.63) is 96.6 Å². The summed E-state index contributed by atoms with van der Waals surface area (Å²) < 4.78 is 24.5. The number of aliphatic hydroxyl groups excluding tert-OH is 1. The summed E-state index contributed by atoms with van der Waals surface area (Å²) in [4.78, 5) is 0. The lowest BCUT2D eigenvalue weighted by Gasteiger charge is -2.43. The second-order valence-electron chi connectivity index (χ2n) is 9.98. The van der Waals surface area contributed by atoms with Crippen LogP contribution in [0.15, 0.2) is 91.0 Å². The number of benzene rings is 3. The van der Waals surface area contributed by atoms with Crippen LogP contribution in [-0.4, -0.2) is 51.7 Å². The zero-order chi connectivity index (χ0) is 24.7. The molecule has 3 aromatic rings.